The highest BCUT2D eigenvalue weighted by atomic mass is 16.4. The zero-order chi connectivity index (χ0) is 13.7. The molecule has 0 saturated carbocycles. The number of Topliss-reactive ketones (excluding diaryl/α,β-unsaturated/α-hetero) is 1. The highest BCUT2D eigenvalue weighted by Gasteiger charge is 2.27. The molecule has 0 saturated heterocycles. The Hall–Kier alpha value is -1.27. The lowest BCUT2D eigenvalue weighted by Crippen LogP contribution is -2.39. The molecule has 0 bridgehead atoms. The van der Waals surface area contributed by atoms with Crippen molar-refractivity contribution in [1.82, 2.24) is 0 Å². The van der Waals surface area contributed by atoms with Crippen LogP contribution in [0, 0.1) is 0 Å². The van der Waals surface area contributed by atoms with Crippen LogP contribution >= 0.6 is 0 Å². The molecular weight excluding hydrogens is 236 g/mol. The molecule has 1 aromatic rings. The summed E-state index contributed by atoms with van der Waals surface area (Å²) < 4.78 is 0. The summed E-state index contributed by atoms with van der Waals surface area (Å²) in [7, 11) is 0. The van der Waals surface area contributed by atoms with Gasteiger partial charge in [-0.3, -0.25) is 4.79 Å². The molecule has 1 aromatic carbocycles. The van der Waals surface area contributed by atoms with Gasteiger partial charge in [0.25, 0.3) is 0 Å². The fourth-order valence-corrected chi connectivity index (χ4v) is 1.59. The Morgan fingerprint density at radius 2 is 1.67 bits per heavy atom. The summed E-state index contributed by atoms with van der Waals surface area (Å²) >= 11 is 0. The molecule has 1 unspecified atom stereocenters. The van der Waals surface area contributed by atoms with Crippen LogP contribution in [0.1, 0.15) is 23.7 Å². The van der Waals surface area contributed by atoms with Crippen molar-refractivity contribution in [2.75, 3.05) is 0 Å². The number of aliphatic hydroxyl groups excluding tert-OH is 4. The van der Waals surface area contributed by atoms with E-state index >= 15 is 0 Å². The summed E-state index contributed by atoms with van der Waals surface area (Å²) in [6.07, 6.45) is -5.59. The van der Waals surface area contributed by atoms with Gasteiger partial charge in [0.1, 0.15) is 12.2 Å². The molecule has 5 nitrogen and oxygen atoms in total. The van der Waals surface area contributed by atoms with Crippen LogP contribution in [0.2, 0.25) is 0 Å². The van der Waals surface area contributed by atoms with Gasteiger partial charge >= 0.3 is 0 Å². The van der Waals surface area contributed by atoms with Crippen molar-refractivity contribution in [2.45, 2.75) is 37.8 Å². The van der Waals surface area contributed by atoms with Crippen LogP contribution in [0.25, 0.3) is 0 Å². The number of benzene rings is 1. The molecule has 4 atom stereocenters. The standard InChI is InChI=1S/C13H18O5/c1-8(14)12(17)10(15)7-11(16)13(18)9-5-3-2-4-6-9/h2-6,8,10-12,14-17H,7H2,1H3/t8-,10-,11?,12-/m1/s1. The minimum atomic E-state index is -1.41. The summed E-state index contributed by atoms with van der Waals surface area (Å²) in [6, 6.07) is 8.20. The Morgan fingerprint density at radius 3 is 2.17 bits per heavy atom. The molecule has 0 spiro atoms. The van der Waals surface area contributed by atoms with Gasteiger partial charge in [-0.25, -0.2) is 0 Å². The van der Waals surface area contributed by atoms with E-state index in [1.807, 2.05) is 0 Å². The molecule has 5 heteroatoms. The van der Waals surface area contributed by atoms with Crippen LogP contribution in [0.5, 0.6) is 0 Å². The number of rotatable bonds is 6. The Morgan fingerprint density at radius 1 is 1.11 bits per heavy atom. The van der Waals surface area contributed by atoms with Gasteiger partial charge in [0, 0.05) is 12.0 Å². The Balaban J connectivity index is 2.61. The molecule has 18 heavy (non-hydrogen) atoms. The molecule has 1 rings (SSSR count). The van der Waals surface area contributed by atoms with Gasteiger partial charge < -0.3 is 20.4 Å². The third-order valence-corrected chi connectivity index (χ3v) is 2.71. The molecule has 0 radical (unpaired) electrons. The number of hydrogen-bond donors (Lipinski definition) is 4. The zero-order valence-electron chi connectivity index (χ0n) is 10.1. The average Bonchev–Trinajstić information content (AvgIpc) is 2.37. The summed E-state index contributed by atoms with van der Waals surface area (Å²) in [5.74, 6) is -0.521. The van der Waals surface area contributed by atoms with Crippen molar-refractivity contribution < 1.29 is 25.2 Å². The average molecular weight is 254 g/mol. The van der Waals surface area contributed by atoms with Crippen LogP contribution in [0.15, 0.2) is 30.3 Å². The maximum absolute atomic E-state index is 11.8. The summed E-state index contributed by atoms with van der Waals surface area (Å²) in [5.41, 5.74) is 0.337. The van der Waals surface area contributed by atoms with Gasteiger partial charge in [0.15, 0.2) is 5.78 Å². The quantitative estimate of drug-likeness (QED) is 0.524. The molecule has 0 fully saturated rings. The van der Waals surface area contributed by atoms with Crippen LogP contribution < -0.4 is 0 Å². The summed E-state index contributed by atoms with van der Waals surface area (Å²) in [6.45, 7) is 1.32. The van der Waals surface area contributed by atoms with E-state index in [0.29, 0.717) is 5.56 Å². The normalized spacial score (nSPS) is 17.8. The van der Waals surface area contributed by atoms with E-state index in [-0.39, 0.29) is 6.42 Å². The van der Waals surface area contributed by atoms with Crippen molar-refractivity contribution >= 4 is 5.78 Å². The first-order chi connectivity index (χ1) is 8.43. The molecule has 0 aliphatic heterocycles. The number of hydrogen-bond acceptors (Lipinski definition) is 5. The van der Waals surface area contributed by atoms with Gasteiger partial charge in [-0.2, -0.15) is 0 Å². The molecule has 100 valence electrons. The third kappa shape index (κ3) is 3.89. The first kappa shape index (κ1) is 14.8. The van der Waals surface area contributed by atoms with Crippen molar-refractivity contribution in [2.24, 2.45) is 0 Å². The Bertz CT molecular complexity index is 376. The lowest BCUT2D eigenvalue weighted by atomic mass is 9.98. The van der Waals surface area contributed by atoms with Crippen molar-refractivity contribution in [3.8, 4) is 0 Å². The Kier molecular flexibility index (Phi) is 5.43. The topological polar surface area (TPSA) is 98.0 Å². The van der Waals surface area contributed by atoms with Gasteiger partial charge in [-0.1, -0.05) is 30.3 Å². The maximum atomic E-state index is 11.8. The highest BCUT2D eigenvalue weighted by molar-refractivity contribution is 5.99. The number of carbonyl (C=O) groups excluding carboxylic acids is 1. The van der Waals surface area contributed by atoms with E-state index in [1.54, 1.807) is 30.3 Å². The van der Waals surface area contributed by atoms with E-state index in [4.69, 9.17) is 5.11 Å². The molecule has 0 aliphatic carbocycles. The first-order valence-corrected chi connectivity index (χ1v) is 5.75. The molecule has 4 N–H and O–H groups in total. The van der Waals surface area contributed by atoms with Crippen molar-refractivity contribution in [3.63, 3.8) is 0 Å². The fraction of sp³-hybridized carbons (Fsp3) is 0.462. The SMILES string of the molecule is C[C@@H](O)[C@@H](O)[C@H](O)CC(O)C(=O)c1ccccc1. The monoisotopic (exact) mass is 254 g/mol. The van der Waals surface area contributed by atoms with Crippen LogP contribution in [0.3, 0.4) is 0 Å². The van der Waals surface area contributed by atoms with Gasteiger partial charge in [0.2, 0.25) is 0 Å². The molecule has 0 heterocycles. The van der Waals surface area contributed by atoms with E-state index in [2.05, 4.69) is 0 Å². The van der Waals surface area contributed by atoms with Crippen LogP contribution in [0.4, 0.5) is 0 Å². The molecule has 0 amide bonds. The predicted molar refractivity (Wildman–Crippen MR) is 65.1 cm³/mol. The number of aliphatic hydroxyl groups is 4. The number of carbonyl (C=O) groups is 1. The lowest BCUT2D eigenvalue weighted by Gasteiger charge is -2.22. The van der Waals surface area contributed by atoms with Crippen molar-refractivity contribution in [3.05, 3.63) is 35.9 Å². The predicted octanol–water partition coefficient (Wildman–Crippen LogP) is -0.277. The van der Waals surface area contributed by atoms with Crippen LogP contribution in [-0.2, 0) is 0 Å². The van der Waals surface area contributed by atoms with Crippen molar-refractivity contribution in [1.29, 1.82) is 0 Å². The van der Waals surface area contributed by atoms with Crippen LogP contribution in [-0.4, -0.2) is 50.6 Å². The van der Waals surface area contributed by atoms with E-state index in [0.717, 1.165) is 0 Å². The third-order valence-electron chi connectivity index (χ3n) is 2.71. The zero-order valence-corrected chi connectivity index (χ0v) is 10.1. The summed E-state index contributed by atoms with van der Waals surface area (Å²) in [5, 5.41) is 37.7. The second-order valence-electron chi connectivity index (χ2n) is 4.28. The minimum Gasteiger partial charge on any atom is -0.391 e. The van der Waals surface area contributed by atoms with E-state index in [9.17, 15) is 20.1 Å². The van der Waals surface area contributed by atoms with Gasteiger partial charge in [0.05, 0.1) is 12.2 Å². The highest BCUT2D eigenvalue weighted by Crippen LogP contribution is 2.11. The largest absolute Gasteiger partial charge is 0.391 e. The molecule has 0 aromatic heterocycles. The fourth-order valence-electron chi connectivity index (χ4n) is 1.59. The smallest absolute Gasteiger partial charge is 0.191 e. The van der Waals surface area contributed by atoms with Gasteiger partial charge in [-0.15, -0.1) is 0 Å². The van der Waals surface area contributed by atoms with E-state index < -0.39 is 30.2 Å². The first-order valence-electron chi connectivity index (χ1n) is 5.75. The second kappa shape index (κ2) is 6.61. The Labute approximate surface area is 105 Å². The van der Waals surface area contributed by atoms with Gasteiger partial charge in [-0.05, 0) is 6.92 Å². The summed E-state index contributed by atoms with van der Waals surface area (Å²) in [4.78, 5) is 11.8. The number of ketones is 1. The molecule has 0 aliphatic rings. The minimum absolute atomic E-state index is 0.320. The molecular formula is C13H18O5. The maximum Gasteiger partial charge on any atom is 0.191 e. The van der Waals surface area contributed by atoms with E-state index in [1.165, 1.54) is 6.92 Å². The lowest BCUT2D eigenvalue weighted by molar-refractivity contribution is -0.0643. The second-order valence-corrected chi connectivity index (χ2v) is 4.28.